The lowest BCUT2D eigenvalue weighted by Crippen LogP contribution is -2.00. The van der Waals surface area contributed by atoms with Gasteiger partial charge in [0, 0.05) is 11.2 Å². The third-order valence-corrected chi connectivity index (χ3v) is 3.80. The highest BCUT2D eigenvalue weighted by atomic mass is 14.7. The fourth-order valence-corrected chi connectivity index (χ4v) is 2.93. The smallest absolute Gasteiger partial charge is 0.0757 e. The van der Waals surface area contributed by atoms with Gasteiger partial charge in [-0.15, -0.1) is 0 Å². The van der Waals surface area contributed by atoms with Crippen LogP contribution in [-0.2, 0) is 0 Å². The average molecular weight is 244 g/mol. The molecule has 0 bridgehead atoms. The summed E-state index contributed by atoms with van der Waals surface area (Å²) in [6.07, 6.45) is 2.26. The van der Waals surface area contributed by atoms with Crippen LogP contribution in [-0.4, -0.2) is 4.98 Å². The van der Waals surface area contributed by atoms with E-state index in [0.717, 1.165) is 0 Å². The number of aromatic nitrogens is 1. The Balaban J connectivity index is 1.91. The van der Waals surface area contributed by atoms with E-state index in [1.807, 2.05) is 0 Å². The molecule has 0 spiro atoms. The number of nitrogens with one attached hydrogen (secondary N) is 1. The van der Waals surface area contributed by atoms with E-state index < -0.39 is 0 Å². The molecule has 0 amide bonds. The van der Waals surface area contributed by atoms with Crippen molar-refractivity contribution in [1.82, 2.24) is 4.98 Å². The summed E-state index contributed by atoms with van der Waals surface area (Å²) in [6, 6.07) is 19.2. The Bertz CT molecular complexity index is 759. The molecular weight excluding hydrogens is 230 g/mol. The largest absolute Gasteiger partial charge is 0.357 e. The van der Waals surface area contributed by atoms with Crippen LogP contribution >= 0.6 is 0 Å². The maximum absolute atomic E-state index is 3.53. The second-order valence-electron chi connectivity index (χ2n) is 5.06. The number of benzene rings is 2. The first kappa shape index (κ1) is 10.6. The van der Waals surface area contributed by atoms with Crippen molar-refractivity contribution in [1.29, 1.82) is 0 Å². The summed E-state index contributed by atoms with van der Waals surface area (Å²) in [5.41, 5.74) is 6.37. The number of rotatable bonds is 1. The van der Waals surface area contributed by atoms with E-state index in [2.05, 4.69) is 72.6 Å². The summed E-state index contributed by atoms with van der Waals surface area (Å²) in [5.74, 6) is 1.33. The standard InChI is InChI=1S/C18H14N/c1-12-10-13-6-2-4-8-15(13)18(12)17-11-14-7-3-5-9-16(14)19-17/h2-11,19H,1H3. The number of hydrogen-bond acceptors (Lipinski definition) is 0. The molecule has 1 heterocycles. The molecule has 1 heteroatoms. The zero-order valence-corrected chi connectivity index (χ0v) is 10.8. The minimum atomic E-state index is 1.20. The summed E-state index contributed by atoms with van der Waals surface area (Å²) in [7, 11) is 0. The van der Waals surface area contributed by atoms with Crippen LogP contribution in [0.25, 0.3) is 17.0 Å². The van der Waals surface area contributed by atoms with Crippen LogP contribution in [0.4, 0.5) is 0 Å². The van der Waals surface area contributed by atoms with Crippen molar-refractivity contribution in [3.63, 3.8) is 0 Å². The Kier molecular flexibility index (Phi) is 2.16. The van der Waals surface area contributed by atoms with Gasteiger partial charge in [0.25, 0.3) is 0 Å². The van der Waals surface area contributed by atoms with Gasteiger partial charge in [-0.2, -0.15) is 0 Å². The summed E-state index contributed by atoms with van der Waals surface area (Å²) in [5, 5.41) is 1.27. The maximum atomic E-state index is 3.53. The van der Waals surface area contributed by atoms with Gasteiger partial charge in [-0.1, -0.05) is 54.1 Å². The molecule has 1 radical (unpaired) electrons. The molecule has 19 heavy (non-hydrogen) atoms. The van der Waals surface area contributed by atoms with Crippen LogP contribution in [0.3, 0.4) is 0 Å². The monoisotopic (exact) mass is 244 g/mol. The lowest BCUT2D eigenvalue weighted by Gasteiger charge is -2.11. The molecule has 1 nitrogen and oxygen atoms in total. The third-order valence-electron chi connectivity index (χ3n) is 3.80. The maximum Gasteiger partial charge on any atom is 0.0757 e. The van der Waals surface area contributed by atoms with E-state index >= 15 is 0 Å². The van der Waals surface area contributed by atoms with Crippen molar-refractivity contribution in [2.24, 2.45) is 0 Å². The minimum absolute atomic E-state index is 1.20. The predicted octanol–water partition coefficient (Wildman–Crippen LogP) is 4.56. The van der Waals surface area contributed by atoms with Gasteiger partial charge in [0.2, 0.25) is 0 Å². The van der Waals surface area contributed by atoms with Crippen molar-refractivity contribution in [3.8, 4) is 0 Å². The Hall–Kier alpha value is -2.28. The van der Waals surface area contributed by atoms with Gasteiger partial charge < -0.3 is 4.98 Å². The summed E-state index contributed by atoms with van der Waals surface area (Å²) in [4.78, 5) is 3.53. The quantitative estimate of drug-likeness (QED) is 0.646. The van der Waals surface area contributed by atoms with Crippen molar-refractivity contribution >= 4 is 17.0 Å². The van der Waals surface area contributed by atoms with Crippen molar-refractivity contribution in [2.75, 3.05) is 0 Å². The Morgan fingerprint density at radius 3 is 2.58 bits per heavy atom. The van der Waals surface area contributed by atoms with Gasteiger partial charge in [-0.05, 0) is 35.6 Å². The lowest BCUT2D eigenvalue weighted by atomic mass is 9.93. The normalized spacial score (nSPS) is 14.7. The number of H-pyrrole nitrogens is 1. The summed E-state index contributed by atoms with van der Waals surface area (Å²) < 4.78 is 0. The van der Waals surface area contributed by atoms with Gasteiger partial charge >= 0.3 is 0 Å². The van der Waals surface area contributed by atoms with E-state index in [9.17, 15) is 0 Å². The number of fused-ring (bicyclic) bond motifs is 2. The zero-order chi connectivity index (χ0) is 12.8. The van der Waals surface area contributed by atoms with E-state index in [0.29, 0.717) is 0 Å². The first-order valence-corrected chi connectivity index (χ1v) is 6.56. The molecule has 2 aromatic carbocycles. The molecule has 0 saturated heterocycles. The Morgan fingerprint density at radius 2 is 1.68 bits per heavy atom. The minimum Gasteiger partial charge on any atom is -0.357 e. The molecule has 1 N–H and O–H groups in total. The molecular formula is C18H14N. The van der Waals surface area contributed by atoms with E-state index in [1.54, 1.807) is 0 Å². The number of hydrogen-bond donors (Lipinski definition) is 1. The van der Waals surface area contributed by atoms with Crippen LogP contribution in [0, 0.1) is 5.92 Å². The van der Waals surface area contributed by atoms with Gasteiger partial charge in [0.05, 0.1) is 5.92 Å². The molecule has 0 aliphatic heterocycles. The number of allylic oxidation sites excluding steroid dienone is 1. The summed E-state index contributed by atoms with van der Waals surface area (Å²) >= 11 is 0. The first-order valence-electron chi connectivity index (χ1n) is 6.56. The van der Waals surface area contributed by atoms with E-state index in [-0.39, 0.29) is 0 Å². The van der Waals surface area contributed by atoms with Crippen molar-refractivity contribution in [2.45, 2.75) is 6.92 Å². The second-order valence-corrected chi connectivity index (χ2v) is 5.06. The molecule has 1 aromatic heterocycles. The van der Waals surface area contributed by atoms with Gasteiger partial charge in [-0.3, -0.25) is 0 Å². The molecule has 0 saturated carbocycles. The highest BCUT2D eigenvalue weighted by molar-refractivity contribution is 5.84. The molecule has 0 fully saturated rings. The van der Waals surface area contributed by atoms with E-state index in [1.165, 1.54) is 39.2 Å². The number of aromatic amines is 1. The van der Waals surface area contributed by atoms with E-state index in [4.69, 9.17) is 0 Å². The highest BCUT2D eigenvalue weighted by Gasteiger charge is 2.25. The molecule has 1 aliphatic rings. The fraction of sp³-hybridized carbons (Fsp3) is 0.0556. The highest BCUT2D eigenvalue weighted by Crippen LogP contribution is 2.39. The fourth-order valence-electron chi connectivity index (χ4n) is 2.93. The Labute approximate surface area is 112 Å². The van der Waals surface area contributed by atoms with Crippen LogP contribution < -0.4 is 0 Å². The average Bonchev–Trinajstić information content (AvgIpc) is 2.97. The molecule has 0 atom stereocenters. The molecule has 3 aromatic rings. The van der Waals surface area contributed by atoms with Crippen LogP contribution in [0.15, 0.2) is 60.2 Å². The van der Waals surface area contributed by atoms with Gasteiger partial charge in [-0.25, -0.2) is 0 Å². The topological polar surface area (TPSA) is 15.8 Å². The molecule has 91 valence electrons. The first-order chi connectivity index (χ1) is 9.33. The number of para-hydroxylation sites is 1. The molecule has 0 unspecified atom stereocenters. The second kappa shape index (κ2) is 3.86. The Morgan fingerprint density at radius 1 is 0.895 bits per heavy atom. The molecule has 4 rings (SSSR count). The van der Waals surface area contributed by atoms with Crippen molar-refractivity contribution in [3.05, 3.63) is 82.9 Å². The van der Waals surface area contributed by atoms with Crippen LogP contribution in [0.5, 0.6) is 0 Å². The third kappa shape index (κ3) is 1.55. The molecule has 1 aliphatic carbocycles. The van der Waals surface area contributed by atoms with Crippen molar-refractivity contribution < 1.29 is 0 Å². The summed E-state index contributed by atoms with van der Waals surface area (Å²) in [6.45, 7) is 2.18. The van der Waals surface area contributed by atoms with Crippen LogP contribution in [0.2, 0.25) is 0 Å². The zero-order valence-electron chi connectivity index (χ0n) is 10.8. The van der Waals surface area contributed by atoms with Gasteiger partial charge in [0.1, 0.15) is 0 Å². The predicted molar refractivity (Wildman–Crippen MR) is 79.8 cm³/mol. The SMILES string of the molecule is CC1=Cc2ccccc2[C]1c1cc2ccccc2[nH]1. The van der Waals surface area contributed by atoms with Gasteiger partial charge in [0.15, 0.2) is 0 Å². The van der Waals surface area contributed by atoms with Crippen LogP contribution in [0.1, 0.15) is 23.7 Å². The lowest BCUT2D eigenvalue weighted by molar-refractivity contribution is 1.16.